The van der Waals surface area contributed by atoms with Crippen molar-refractivity contribution in [3.8, 4) is 11.3 Å². The zero-order valence-corrected chi connectivity index (χ0v) is 19.9. The van der Waals surface area contributed by atoms with E-state index < -0.39 is 29.4 Å². The SMILES string of the molecule is O=C(O)CN1CCN(c2ncc(C(=O)Nc3nc(-c4cccc(C(F)(F)F)c4F)cs3)cc2Cl)CC1. The van der Waals surface area contributed by atoms with Crippen molar-refractivity contribution in [3.05, 3.63) is 57.8 Å². The first kappa shape index (κ1) is 25.8. The van der Waals surface area contributed by atoms with Crippen molar-refractivity contribution in [1.82, 2.24) is 14.9 Å². The quantitative estimate of drug-likeness (QED) is 0.442. The summed E-state index contributed by atoms with van der Waals surface area (Å²) in [5, 5.41) is 13.0. The maximum absolute atomic E-state index is 14.4. The maximum Gasteiger partial charge on any atom is 0.419 e. The van der Waals surface area contributed by atoms with E-state index in [4.69, 9.17) is 16.7 Å². The summed E-state index contributed by atoms with van der Waals surface area (Å²) in [6, 6.07) is 4.32. The van der Waals surface area contributed by atoms with Gasteiger partial charge >= 0.3 is 12.1 Å². The Morgan fingerprint density at radius 2 is 1.92 bits per heavy atom. The van der Waals surface area contributed by atoms with Crippen molar-refractivity contribution >= 4 is 45.8 Å². The topological polar surface area (TPSA) is 98.7 Å². The van der Waals surface area contributed by atoms with Crippen LogP contribution in [-0.2, 0) is 11.0 Å². The van der Waals surface area contributed by atoms with Gasteiger partial charge in [0.15, 0.2) is 5.13 Å². The van der Waals surface area contributed by atoms with Crippen molar-refractivity contribution in [2.24, 2.45) is 0 Å². The van der Waals surface area contributed by atoms with Crippen molar-refractivity contribution in [2.75, 3.05) is 42.9 Å². The second-order valence-corrected chi connectivity index (χ2v) is 9.11. The molecular weight excluding hydrogens is 526 g/mol. The lowest BCUT2D eigenvalue weighted by molar-refractivity contribution is -0.140. The van der Waals surface area contributed by atoms with Gasteiger partial charge in [-0.3, -0.25) is 19.8 Å². The van der Waals surface area contributed by atoms with Crippen LogP contribution in [0.1, 0.15) is 15.9 Å². The Balaban J connectivity index is 1.44. The lowest BCUT2D eigenvalue weighted by Crippen LogP contribution is -2.48. The van der Waals surface area contributed by atoms with Crippen molar-refractivity contribution in [2.45, 2.75) is 6.18 Å². The Hall–Kier alpha value is -3.29. The summed E-state index contributed by atoms with van der Waals surface area (Å²) < 4.78 is 53.4. The van der Waals surface area contributed by atoms with Crippen molar-refractivity contribution in [1.29, 1.82) is 0 Å². The minimum absolute atomic E-state index is 0.0486. The highest BCUT2D eigenvalue weighted by Gasteiger charge is 2.35. The number of alkyl halides is 3. The summed E-state index contributed by atoms with van der Waals surface area (Å²) in [6.45, 7) is 2.02. The predicted molar refractivity (Wildman–Crippen MR) is 126 cm³/mol. The van der Waals surface area contributed by atoms with Gasteiger partial charge in [-0.2, -0.15) is 13.2 Å². The third-order valence-electron chi connectivity index (χ3n) is 5.42. The minimum atomic E-state index is -4.85. The first-order valence-corrected chi connectivity index (χ1v) is 11.8. The average molecular weight is 544 g/mol. The monoisotopic (exact) mass is 543 g/mol. The van der Waals surface area contributed by atoms with Crippen LogP contribution in [0.4, 0.5) is 28.5 Å². The van der Waals surface area contributed by atoms with Gasteiger partial charge in [0, 0.05) is 43.3 Å². The van der Waals surface area contributed by atoms with Gasteiger partial charge in [0.25, 0.3) is 5.91 Å². The van der Waals surface area contributed by atoms with Gasteiger partial charge in [0.2, 0.25) is 0 Å². The van der Waals surface area contributed by atoms with Crippen LogP contribution in [0.3, 0.4) is 0 Å². The largest absolute Gasteiger partial charge is 0.480 e. The number of carbonyl (C=O) groups excluding carboxylic acids is 1. The second kappa shape index (κ2) is 10.4. The molecule has 0 unspecified atom stereocenters. The van der Waals surface area contributed by atoms with Crippen LogP contribution >= 0.6 is 22.9 Å². The molecule has 4 rings (SSSR count). The summed E-state index contributed by atoms with van der Waals surface area (Å²) in [6.07, 6.45) is -3.53. The molecule has 3 aromatic rings. The number of hydrogen-bond acceptors (Lipinski definition) is 7. The number of aromatic nitrogens is 2. The zero-order chi connectivity index (χ0) is 26.0. The van der Waals surface area contributed by atoms with E-state index in [1.54, 1.807) is 4.90 Å². The first-order valence-electron chi connectivity index (χ1n) is 10.5. The molecule has 0 spiro atoms. The Bertz CT molecular complexity index is 1290. The first-order chi connectivity index (χ1) is 17.0. The predicted octanol–water partition coefficient (Wildman–Crippen LogP) is 4.48. The highest BCUT2D eigenvalue weighted by molar-refractivity contribution is 7.14. The highest BCUT2D eigenvalue weighted by atomic mass is 35.5. The second-order valence-electron chi connectivity index (χ2n) is 7.84. The fraction of sp³-hybridized carbons (Fsp3) is 0.273. The normalized spacial score (nSPS) is 14.6. The average Bonchev–Trinajstić information content (AvgIpc) is 3.26. The van der Waals surface area contributed by atoms with E-state index in [1.165, 1.54) is 23.7 Å². The number of nitrogens with one attached hydrogen (secondary N) is 1. The number of piperazine rings is 1. The number of carboxylic acids is 1. The highest BCUT2D eigenvalue weighted by Crippen LogP contribution is 2.36. The fourth-order valence-corrected chi connectivity index (χ4v) is 4.66. The van der Waals surface area contributed by atoms with Gasteiger partial charge in [0.05, 0.1) is 28.4 Å². The molecule has 1 aliphatic heterocycles. The number of carboxylic acid groups (broad SMARTS) is 1. The number of rotatable bonds is 6. The molecule has 1 saturated heterocycles. The van der Waals surface area contributed by atoms with Crippen LogP contribution in [0.5, 0.6) is 0 Å². The summed E-state index contributed by atoms with van der Waals surface area (Å²) in [5.74, 6) is -2.49. The lowest BCUT2D eigenvalue weighted by atomic mass is 10.1. The number of amides is 1. The van der Waals surface area contributed by atoms with Gasteiger partial charge in [-0.15, -0.1) is 11.3 Å². The van der Waals surface area contributed by atoms with Crippen molar-refractivity contribution in [3.63, 3.8) is 0 Å². The summed E-state index contributed by atoms with van der Waals surface area (Å²) in [7, 11) is 0. The molecule has 0 bridgehead atoms. The Morgan fingerprint density at radius 1 is 1.19 bits per heavy atom. The van der Waals surface area contributed by atoms with Gasteiger partial charge < -0.3 is 10.0 Å². The Morgan fingerprint density at radius 3 is 2.56 bits per heavy atom. The molecule has 8 nitrogen and oxygen atoms in total. The van der Waals surface area contributed by atoms with E-state index in [0.29, 0.717) is 38.1 Å². The number of thiazole rings is 1. The molecule has 190 valence electrons. The summed E-state index contributed by atoms with van der Waals surface area (Å²) >= 11 is 7.27. The Kier molecular flexibility index (Phi) is 7.43. The molecule has 2 N–H and O–H groups in total. The minimum Gasteiger partial charge on any atom is -0.480 e. The number of nitrogens with zero attached hydrogens (tertiary/aromatic N) is 4. The molecule has 36 heavy (non-hydrogen) atoms. The van der Waals surface area contributed by atoms with E-state index in [9.17, 15) is 27.2 Å². The number of anilines is 2. The molecule has 1 fully saturated rings. The molecule has 0 aliphatic carbocycles. The molecular formula is C22H18ClF4N5O3S. The van der Waals surface area contributed by atoms with Gasteiger partial charge in [0.1, 0.15) is 11.6 Å². The van der Waals surface area contributed by atoms with Crippen LogP contribution in [0.2, 0.25) is 5.02 Å². The molecule has 3 heterocycles. The lowest BCUT2D eigenvalue weighted by Gasteiger charge is -2.34. The van der Waals surface area contributed by atoms with E-state index in [-0.39, 0.29) is 33.5 Å². The number of aliphatic carboxylic acids is 1. The van der Waals surface area contributed by atoms with Crippen LogP contribution in [0, 0.1) is 5.82 Å². The van der Waals surface area contributed by atoms with E-state index in [0.717, 1.165) is 17.4 Å². The molecule has 14 heteroatoms. The van der Waals surface area contributed by atoms with Crippen LogP contribution in [0.25, 0.3) is 11.3 Å². The third-order valence-corrected chi connectivity index (χ3v) is 6.46. The zero-order valence-electron chi connectivity index (χ0n) is 18.4. The van der Waals surface area contributed by atoms with Crippen LogP contribution < -0.4 is 10.2 Å². The molecule has 1 aromatic carbocycles. The molecule has 1 amide bonds. The standard InChI is InChI=1S/C22H18ClF4N5O3S/c23-15-8-12(9-28-19(15)32-6-4-31(5-7-32)10-17(33)34)20(35)30-21-29-16(11-36-21)13-2-1-3-14(18(13)24)22(25,26)27/h1-3,8-9,11H,4-7,10H2,(H,33,34)(H,29,30,35). The Labute approximate surface area is 211 Å². The fourth-order valence-electron chi connectivity index (χ4n) is 3.67. The van der Waals surface area contributed by atoms with Gasteiger partial charge in [-0.25, -0.2) is 14.4 Å². The number of hydrogen-bond donors (Lipinski definition) is 2. The number of halogens is 5. The third kappa shape index (κ3) is 5.74. The smallest absolute Gasteiger partial charge is 0.419 e. The molecule has 0 saturated carbocycles. The molecule has 2 aromatic heterocycles. The van der Waals surface area contributed by atoms with E-state index >= 15 is 0 Å². The number of carbonyl (C=O) groups is 2. The number of pyridine rings is 1. The summed E-state index contributed by atoms with van der Waals surface area (Å²) in [5.41, 5.74) is -1.66. The molecule has 1 aliphatic rings. The van der Waals surface area contributed by atoms with Gasteiger partial charge in [-0.1, -0.05) is 17.7 Å². The van der Waals surface area contributed by atoms with Crippen molar-refractivity contribution < 1.29 is 32.3 Å². The van der Waals surface area contributed by atoms with E-state index in [1.807, 2.05) is 4.90 Å². The van der Waals surface area contributed by atoms with Gasteiger partial charge in [-0.05, 0) is 18.2 Å². The number of benzene rings is 1. The van der Waals surface area contributed by atoms with E-state index in [2.05, 4.69) is 15.3 Å². The maximum atomic E-state index is 14.4. The van der Waals surface area contributed by atoms with Crippen LogP contribution in [-0.4, -0.2) is 64.6 Å². The molecule has 0 atom stereocenters. The van der Waals surface area contributed by atoms with Crippen LogP contribution in [0.15, 0.2) is 35.8 Å². The molecule has 0 radical (unpaired) electrons. The summed E-state index contributed by atoms with van der Waals surface area (Å²) in [4.78, 5) is 35.5.